The molecule has 3 aromatic carbocycles. The van der Waals surface area contributed by atoms with Crippen LogP contribution < -0.4 is 0 Å². The van der Waals surface area contributed by atoms with Crippen LogP contribution in [0.25, 0.3) is 6.08 Å². The number of aryl methyl sites for hydroxylation is 2. The minimum absolute atomic E-state index is 0.613. The predicted molar refractivity (Wildman–Crippen MR) is 113 cm³/mol. The summed E-state index contributed by atoms with van der Waals surface area (Å²) in [5.41, 5.74) is 6.81. The van der Waals surface area contributed by atoms with E-state index < -0.39 is 0 Å². The Hall–Kier alpha value is -2.60. The van der Waals surface area contributed by atoms with Gasteiger partial charge in [-0.1, -0.05) is 102 Å². The summed E-state index contributed by atoms with van der Waals surface area (Å²) in [5.74, 6) is 0.613. The minimum atomic E-state index is 0.613. The molecule has 0 unspecified atom stereocenters. The lowest BCUT2D eigenvalue weighted by Crippen LogP contribution is -2.07. The lowest BCUT2D eigenvalue weighted by Gasteiger charge is -2.15. The summed E-state index contributed by atoms with van der Waals surface area (Å²) in [6, 6.07) is 28.5. The lowest BCUT2D eigenvalue weighted by atomic mass is 9.89. The maximum absolute atomic E-state index is 2.35. The molecule has 0 amide bonds. The van der Waals surface area contributed by atoms with Gasteiger partial charge >= 0.3 is 0 Å². The van der Waals surface area contributed by atoms with Gasteiger partial charge in [-0.15, -0.1) is 0 Å². The molecule has 0 spiro atoms. The molecule has 0 aliphatic rings. The van der Waals surface area contributed by atoms with Crippen molar-refractivity contribution >= 4 is 6.08 Å². The van der Waals surface area contributed by atoms with Gasteiger partial charge in [-0.2, -0.15) is 0 Å². The molecule has 0 aliphatic heterocycles. The first-order chi connectivity index (χ1) is 12.7. The zero-order chi connectivity index (χ0) is 18.2. The Morgan fingerprint density at radius 2 is 1.19 bits per heavy atom. The molecule has 0 fully saturated rings. The van der Waals surface area contributed by atoms with Crippen LogP contribution in [-0.2, 0) is 12.8 Å². The highest BCUT2D eigenvalue weighted by Gasteiger charge is 2.09. The molecular formula is C26H28. The molecule has 0 heteroatoms. The van der Waals surface area contributed by atoms with Crippen LogP contribution in [-0.4, -0.2) is 0 Å². The molecule has 132 valence electrons. The lowest BCUT2D eigenvalue weighted by molar-refractivity contribution is 0.529. The minimum Gasteiger partial charge on any atom is -0.0836 e. The van der Waals surface area contributed by atoms with Crippen molar-refractivity contribution in [2.75, 3.05) is 0 Å². The Morgan fingerprint density at radius 1 is 0.692 bits per heavy atom. The van der Waals surface area contributed by atoms with Gasteiger partial charge in [-0.05, 0) is 55.7 Å². The molecule has 0 heterocycles. The van der Waals surface area contributed by atoms with Crippen molar-refractivity contribution in [3.63, 3.8) is 0 Å². The van der Waals surface area contributed by atoms with Crippen molar-refractivity contribution in [2.24, 2.45) is 5.92 Å². The fourth-order valence-electron chi connectivity index (χ4n) is 3.64. The van der Waals surface area contributed by atoms with Crippen molar-refractivity contribution in [3.8, 4) is 0 Å². The van der Waals surface area contributed by atoms with E-state index in [1.54, 1.807) is 0 Å². The summed E-state index contributed by atoms with van der Waals surface area (Å²) in [7, 11) is 0. The molecule has 0 atom stereocenters. The van der Waals surface area contributed by atoms with Gasteiger partial charge in [0.1, 0.15) is 0 Å². The average Bonchev–Trinajstić information content (AvgIpc) is 2.62. The second-order valence-electron chi connectivity index (χ2n) is 7.30. The van der Waals surface area contributed by atoms with E-state index >= 15 is 0 Å². The van der Waals surface area contributed by atoms with Gasteiger partial charge in [0.05, 0.1) is 0 Å². The molecule has 0 nitrogen and oxygen atoms in total. The summed E-state index contributed by atoms with van der Waals surface area (Å²) in [6.45, 7) is 4.33. The molecule has 0 aromatic heterocycles. The first-order valence-corrected chi connectivity index (χ1v) is 9.52. The Labute approximate surface area is 158 Å². The van der Waals surface area contributed by atoms with Crippen LogP contribution in [0.2, 0.25) is 0 Å². The molecule has 0 saturated carbocycles. The zero-order valence-electron chi connectivity index (χ0n) is 15.9. The van der Waals surface area contributed by atoms with E-state index in [2.05, 4.69) is 105 Å². The normalized spacial score (nSPS) is 11.3. The van der Waals surface area contributed by atoms with Crippen LogP contribution in [0.15, 0.2) is 84.9 Å². The van der Waals surface area contributed by atoms with Gasteiger partial charge in [-0.25, -0.2) is 0 Å². The van der Waals surface area contributed by atoms with E-state index in [9.17, 15) is 0 Å². The van der Waals surface area contributed by atoms with Crippen LogP contribution in [0.4, 0.5) is 0 Å². The summed E-state index contributed by atoms with van der Waals surface area (Å²) >= 11 is 0. The predicted octanol–water partition coefficient (Wildman–Crippen LogP) is 6.81. The highest BCUT2D eigenvalue weighted by Crippen LogP contribution is 2.20. The van der Waals surface area contributed by atoms with E-state index in [1.165, 1.54) is 27.8 Å². The summed E-state index contributed by atoms with van der Waals surface area (Å²) in [6.07, 6.45) is 7.96. The summed E-state index contributed by atoms with van der Waals surface area (Å²) < 4.78 is 0. The van der Waals surface area contributed by atoms with Crippen molar-refractivity contribution in [2.45, 2.75) is 33.1 Å². The van der Waals surface area contributed by atoms with Crippen LogP contribution in [0.3, 0.4) is 0 Å². The first-order valence-electron chi connectivity index (χ1n) is 9.52. The van der Waals surface area contributed by atoms with Gasteiger partial charge in [-0.3, -0.25) is 0 Å². The Bertz CT molecular complexity index is 767. The second kappa shape index (κ2) is 9.20. The maximum Gasteiger partial charge on any atom is -0.0244 e. The zero-order valence-corrected chi connectivity index (χ0v) is 15.9. The monoisotopic (exact) mass is 340 g/mol. The molecule has 0 N–H and O–H groups in total. The number of benzene rings is 3. The van der Waals surface area contributed by atoms with Crippen molar-refractivity contribution in [3.05, 3.63) is 113 Å². The maximum atomic E-state index is 2.35. The van der Waals surface area contributed by atoms with Gasteiger partial charge in [0.15, 0.2) is 0 Å². The number of hydrogen-bond donors (Lipinski definition) is 0. The van der Waals surface area contributed by atoms with Crippen LogP contribution in [0.5, 0.6) is 0 Å². The van der Waals surface area contributed by atoms with Crippen LogP contribution in [0.1, 0.15) is 34.2 Å². The van der Waals surface area contributed by atoms with Gasteiger partial charge in [0.25, 0.3) is 0 Å². The molecule has 3 rings (SSSR count). The smallest absolute Gasteiger partial charge is 0.0244 e. The molecule has 0 aliphatic carbocycles. The topological polar surface area (TPSA) is 0 Å². The van der Waals surface area contributed by atoms with Crippen LogP contribution in [0, 0.1) is 19.8 Å². The number of allylic oxidation sites excluding steroid dienone is 1. The van der Waals surface area contributed by atoms with Gasteiger partial charge in [0, 0.05) is 0 Å². The van der Waals surface area contributed by atoms with Crippen LogP contribution >= 0.6 is 0 Å². The number of rotatable bonds is 7. The van der Waals surface area contributed by atoms with E-state index in [1.807, 2.05) is 0 Å². The molecule has 0 radical (unpaired) electrons. The fraction of sp³-hybridized carbons (Fsp3) is 0.231. The largest absolute Gasteiger partial charge is 0.0836 e. The van der Waals surface area contributed by atoms with E-state index in [4.69, 9.17) is 0 Å². The summed E-state index contributed by atoms with van der Waals surface area (Å²) in [4.78, 5) is 0. The molecular weight excluding hydrogens is 312 g/mol. The van der Waals surface area contributed by atoms with E-state index in [-0.39, 0.29) is 0 Å². The third-order valence-corrected chi connectivity index (χ3v) is 4.76. The Morgan fingerprint density at radius 3 is 1.69 bits per heavy atom. The third kappa shape index (κ3) is 5.74. The van der Waals surface area contributed by atoms with Crippen molar-refractivity contribution in [1.82, 2.24) is 0 Å². The highest BCUT2D eigenvalue weighted by molar-refractivity contribution is 5.51. The van der Waals surface area contributed by atoms with Crippen molar-refractivity contribution < 1.29 is 0 Å². The summed E-state index contributed by atoms with van der Waals surface area (Å²) in [5, 5.41) is 0. The molecule has 0 bridgehead atoms. The SMILES string of the molecule is Cc1cc(C)cc(C=CCC(Cc2ccccc2)Cc2ccccc2)c1. The fourth-order valence-corrected chi connectivity index (χ4v) is 3.64. The Kier molecular flexibility index (Phi) is 6.44. The highest BCUT2D eigenvalue weighted by atomic mass is 14.1. The standard InChI is InChI=1S/C26H28/c1-21-16-22(2)18-25(17-21)14-9-15-26(19-23-10-5-3-6-11-23)20-24-12-7-4-8-13-24/h3-14,16-18,26H,15,19-20H2,1-2H3. The average molecular weight is 341 g/mol. The van der Waals surface area contributed by atoms with Gasteiger partial charge in [0.2, 0.25) is 0 Å². The quantitative estimate of drug-likeness (QED) is 0.443. The first kappa shape index (κ1) is 18.2. The third-order valence-electron chi connectivity index (χ3n) is 4.76. The molecule has 3 aromatic rings. The van der Waals surface area contributed by atoms with E-state index in [0.29, 0.717) is 5.92 Å². The molecule has 0 saturated heterocycles. The van der Waals surface area contributed by atoms with Crippen molar-refractivity contribution in [1.29, 1.82) is 0 Å². The van der Waals surface area contributed by atoms with Gasteiger partial charge < -0.3 is 0 Å². The number of hydrogen-bond acceptors (Lipinski definition) is 0. The molecule has 26 heavy (non-hydrogen) atoms. The Balaban J connectivity index is 1.71. The second-order valence-corrected chi connectivity index (χ2v) is 7.30. The van der Waals surface area contributed by atoms with E-state index in [0.717, 1.165) is 19.3 Å².